The van der Waals surface area contributed by atoms with Gasteiger partial charge in [0, 0.05) is 39.4 Å². The van der Waals surface area contributed by atoms with Crippen molar-refractivity contribution in [3.63, 3.8) is 0 Å². The van der Waals surface area contributed by atoms with Gasteiger partial charge in [-0.15, -0.1) is 10.2 Å². The lowest BCUT2D eigenvalue weighted by molar-refractivity contribution is -0.115. The van der Waals surface area contributed by atoms with Crippen molar-refractivity contribution in [3.8, 4) is 22.5 Å². The second-order valence-corrected chi connectivity index (χ2v) is 8.16. The van der Waals surface area contributed by atoms with Gasteiger partial charge < -0.3 is 5.32 Å². The Morgan fingerprint density at radius 1 is 0.966 bits per heavy atom. The highest BCUT2D eigenvalue weighted by molar-refractivity contribution is 7.99. The molecule has 5 nitrogen and oxygen atoms in total. The summed E-state index contributed by atoms with van der Waals surface area (Å²) < 4.78 is 0. The molecule has 1 heterocycles. The van der Waals surface area contributed by atoms with Gasteiger partial charge >= 0.3 is 0 Å². The zero-order chi connectivity index (χ0) is 19.8. The number of carbonyl (C=O) groups excluding carboxylic acids is 1. The molecule has 4 aromatic rings. The summed E-state index contributed by atoms with van der Waals surface area (Å²) in [5.41, 5.74) is 4.53. The first-order valence-electron chi connectivity index (χ1n) is 9.14. The van der Waals surface area contributed by atoms with Crippen molar-refractivity contribution >= 4 is 45.7 Å². The molecule has 0 saturated heterocycles. The molecular weight excluding hydrogens is 404 g/mol. The number of fused-ring (bicyclic) bond motifs is 3. The van der Waals surface area contributed by atoms with Crippen LogP contribution in [0.1, 0.15) is 6.42 Å². The Kier molecular flexibility index (Phi) is 4.66. The van der Waals surface area contributed by atoms with Gasteiger partial charge in [0.05, 0.1) is 0 Å². The number of amides is 1. The average Bonchev–Trinajstić information content (AvgIpc) is 3.04. The van der Waals surface area contributed by atoms with Crippen LogP contribution in [0.25, 0.3) is 33.3 Å². The van der Waals surface area contributed by atoms with E-state index in [0.717, 1.165) is 22.5 Å². The Hall–Kier alpha value is -2.96. The highest BCUT2D eigenvalue weighted by Gasteiger charge is 2.24. The summed E-state index contributed by atoms with van der Waals surface area (Å²) in [7, 11) is 0. The average molecular weight is 419 g/mol. The first kappa shape index (κ1) is 18.1. The van der Waals surface area contributed by atoms with Crippen LogP contribution in [0.2, 0.25) is 5.02 Å². The van der Waals surface area contributed by atoms with Crippen LogP contribution in [0, 0.1) is 0 Å². The third-order valence-corrected chi connectivity index (χ3v) is 5.83. The number of aromatic nitrogens is 3. The van der Waals surface area contributed by atoms with E-state index in [-0.39, 0.29) is 5.91 Å². The summed E-state index contributed by atoms with van der Waals surface area (Å²) in [4.78, 5) is 16.9. The third-order valence-electron chi connectivity index (χ3n) is 4.75. The van der Waals surface area contributed by atoms with Crippen LogP contribution in [0.3, 0.4) is 0 Å². The molecule has 3 aromatic carbocycles. The molecule has 0 bridgehead atoms. The fourth-order valence-corrected chi connectivity index (χ4v) is 4.42. The number of nitrogens with zero attached hydrogens (tertiary/aromatic N) is 3. The van der Waals surface area contributed by atoms with E-state index in [1.807, 2.05) is 18.2 Å². The molecule has 0 atom stereocenters. The number of nitrogens with one attached hydrogen (secondary N) is 1. The number of hydrogen-bond acceptors (Lipinski definition) is 5. The Morgan fingerprint density at radius 2 is 1.72 bits per heavy atom. The van der Waals surface area contributed by atoms with Gasteiger partial charge in [0.15, 0.2) is 0 Å². The molecule has 1 aliphatic rings. The number of carbonyl (C=O) groups is 1. The van der Waals surface area contributed by atoms with Crippen LogP contribution in [0.15, 0.2) is 65.8 Å². The molecule has 142 valence electrons. The van der Waals surface area contributed by atoms with Crippen LogP contribution in [0.5, 0.6) is 0 Å². The van der Waals surface area contributed by atoms with E-state index in [4.69, 9.17) is 16.6 Å². The predicted molar refractivity (Wildman–Crippen MR) is 117 cm³/mol. The summed E-state index contributed by atoms with van der Waals surface area (Å²) >= 11 is 7.37. The lowest BCUT2D eigenvalue weighted by Gasteiger charge is -2.06. The number of hydrogen-bond donors (Lipinski definition) is 1. The molecule has 1 aliphatic carbocycles. The molecular formula is C22H15ClN4OS. The molecule has 1 N–H and O–H groups in total. The van der Waals surface area contributed by atoms with Gasteiger partial charge in [-0.1, -0.05) is 65.8 Å². The van der Waals surface area contributed by atoms with Crippen LogP contribution in [0.4, 0.5) is 5.69 Å². The summed E-state index contributed by atoms with van der Waals surface area (Å²) in [6.45, 7) is 0. The lowest BCUT2D eigenvalue weighted by atomic mass is 10.0. The monoisotopic (exact) mass is 418 g/mol. The highest BCUT2D eigenvalue weighted by Crippen LogP contribution is 2.44. The van der Waals surface area contributed by atoms with Gasteiger partial charge in [-0.3, -0.25) is 4.79 Å². The van der Waals surface area contributed by atoms with Crippen molar-refractivity contribution in [1.82, 2.24) is 15.2 Å². The summed E-state index contributed by atoms with van der Waals surface area (Å²) in [6.07, 6.45) is 0.341. The van der Waals surface area contributed by atoms with Gasteiger partial charge in [-0.2, -0.15) is 0 Å². The van der Waals surface area contributed by atoms with E-state index in [1.54, 1.807) is 18.2 Å². The molecule has 7 heteroatoms. The van der Waals surface area contributed by atoms with Crippen molar-refractivity contribution < 1.29 is 4.79 Å². The van der Waals surface area contributed by atoms with Gasteiger partial charge in [0.2, 0.25) is 11.1 Å². The Labute approximate surface area is 176 Å². The van der Waals surface area contributed by atoms with E-state index >= 15 is 0 Å². The molecule has 0 spiro atoms. The van der Waals surface area contributed by atoms with Crippen molar-refractivity contribution in [2.75, 3.05) is 11.1 Å². The summed E-state index contributed by atoms with van der Waals surface area (Å²) in [5, 5.41) is 15.0. The Bertz CT molecular complexity index is 1260. The first-order valence-corrected chi connectivity index (χ1v) is 10.5. The van der Waals surface area contributed by atoms with E-state index in [2.05, 4.69) is 39.8 Å². The Balaban J connectivity index is 1.29. The van der Waals surface area contributed by atoms with Gasteiger partial charge in [0.25, 0.3) is 0 Å². The normalized spacial score (nSPS) is 11.5. The molecule has 0 saturated carbocycles. The predicted octanol–water partition coefficient (Wildman–Crippen LogP) is 5.45. The van der Waals surface area contributed by atoms with Crippen molar-refractivity contribution in [3.05, 3.63) is 65.7 Å². The number of benzene rings is 3. The second kappa shape index (κ2) is 7.46. The number of halogens is 1. The minimum Gasteiger partial charge on any atom is -0.326 e. The largest absolute Gasteiger partial charge is 0.326 e. The fourth-order valence-electron chi connectivity index (χ4n) is 3.50. The molecule has 0 aliphatic heterocycles. The molecule has 0 unspecified atom stereocenters. The zero-order valence-corrected chi connectivity index (χ0v) is 16.8. The van der Waals surface area contributed by atoms with Crippen LogP contribution >= 0.6 is 23.4 Å². The minimum absolute atomic E-state index is 0.0777. The van der Waals surface area contributed by atoms with E-state index in [0.29, 0.717) is 28.0 Å². The molecule has 5 rings (SSSR count). The van der Waals surface area contributed by atoms with E-state index < -0.39 is 0 Å². The number of anilines is 1. The highest BCUT2D eigenvalue weighted by atomic mass is 35.5. The maximum absolute atomic E-state index is 12.2. The lowest BCUT2D eigenvalue weighted by Crippen LogP contribution is -2.12. The molecule has 1 amide bonds. The third kappa shape index (κ3) is 3.45. The van der Waals surface area contributed by atoms with Crippen LogP contribution in [-0.2, 0) is 4.79 Å². The smallest absolute Gasteiger partial charge is 0.225 e. The quantitative estimate of drug-likeness (QED) is 0.384. The molecule has 0 fully saturated rings. The van der Waals surface area contributed by atoms with Gasteiger partial charge in [-0.05, 0) is 23.6 Å². The molecule has 1 aromatic heterocycles. The SMILES string of the molecule is O=C(CCSc1nnc2c(n1)-c1cccc3cccc-2c13)Nc1cccc(Cl)c1. The van der Waals surface area contributed by atoms with Crippen LogP contribution < -0.4 is 5.32 Å². The summed E-state index contributed by atoms with van der Waals surface area (Å²) in [6, 6.07) is 19.5. The topological polar surface area (TPSA) is 67.8 Å². The minimum atomic E-state index is -0.0777. The summed E-state index contributed by atoms with van der Waals surface area (Å²) in [5.74, 6) is 0.482. The first-order chi connectivity index (χ1) is 14.2. The molecule has 0 radical (unpaired) electrons. The Morgan fingerprint density at radius 3 is 2.52 bits per heavy atom. The second-order valence-electron chi connectivity index (χ2n) is 6.66. The van der Waals surface area contributed by atoms with Crippen molar-refractivity contribution in [2.24, 2.45) is 0 Å². The van der Waals surface area contributed by atoms with Crippen molar-refractivity contribution in [1.29, 1.82) is 0 Å². The zero-order valence-electron chi connectivity index (χ0n) is 15.2. The van der Waals surface area contributed by atoms with Gasteiger partial charge in [-0.25, -0.2) is 4.98 Å². The maximum atomic E-state index is 12.2. The standard InChI is InChI=1S/C22H15ClN4OS/c23-14-6-3-7-15(12-14)24-18(28)10-11-29-22-25-20-16-8-1-4-13-5-2-9-17(19(13)16)21(20)26-27-22/h1-9,12H,10-11H2,(H,24,28). The maximum Gasteiger partial charge on any atom is 0.225 e. The molecule has 29 heavy (non-hydrogen) atoms. The number of thioether (sulfide) groups is 1. The number of rotatable bonds is 5. The fraction of sp³-hybridized carbons (Fsp3) is 0.0909. The van der Waals surface area contributed by atoms with Crippen LogP contribution in [-0.4, -0.2) is 26.8 Å². The van der Waals surface area contributed by atoms with E-state index in [1.165, 1.54) is 22.5 Å². The van der Waals surface area contributed by atoms with E-state index in [9.17, 15) is 4.79 Å². The van der Waals surface area contributed by atoms with Gasteiger partial charge in [0.1, 0.15) is 11.4 Å². The van der Waals surface area contributed by atoms with Crippen molar-refractivity contribution in [2.45, 2.75) is 11.6 Å².